The van der Waals surface area contributed by atoms with Gasteiger partial charge in [0.15, 0.2) is 5.13 Å². The first-order valence-corrected chi connectivity index (χ1v) is 7.78. The van der Waals surface area contributed by atoms with E-state index < -0.39 is 0 Å². The fourth-order valence-electron chi connectivity index (χ4n) is 1.63. The topological polar surface area (TPSA) is 66.0 Å². The predicted molar refractivity (Wildman–Crippen MR) is 84.8 cm³/mol. The van der Waals surface area contributed by atoms with Crippen molar-refractivity contribution < 1.29 is 9.18 Å². The van der Waals surface area contributed by atoms with E-state index in [4.69, 9.17) is 0 Å². The molecule has 1 heterocycles. The zero-order chi connectivity index (χ0) is 15.2. The quantitative estimate of drug-likeness (QED) is 0.755. The Kier molecular flexibility index (Phi) is 5.66. The van der Waals surface area contributed by atoms with Gasteiger partial charge >= 0.3 is 6.03 Å². The molecule has 0 saturated carbocycles. The van der Waals surface area contributed by atoms with E-state index in [1.165, 1.54) is 23.5 Å². The van der Waals surface area contributed by atoms with Crippen molar-refractivity contribution in [3.63, 3.8) is 0 Å². The summed E-state index contributed by atoms with van der Waals surface area (Å²) in [5.41, 5.74) is 1.53. The third-order valence-corrected chi connectivity index (χ3v) is 4.30. The first-order chi connectivity index (χ1) is 10.1. The summed E-state index contributed by atoms with van der Waals surface area (Å²) in [7, 11) is 1.82. The maximum absolute atomic E-state index is 13.0. The van der Waals surface area contributed by atoms with Crippen LogP contribution in [0, 0.1) is 5.82 Å². The number of rotatable bonds is 5. The lowest BCUT2D eigenvalue weighted by molar-refractivity contribution is 0.251. The van der Waals surface area contributed by atoms with Gasteiger partial charge in [0.05, 0.1) is 9.48 Å². The summed E-state index contributed by atoms with van der Waals surface area (Å²) >= 11 is 4.73. The maximum atomic E-state index is 13.0. The summed E-state index contributed by atoms with van der Waals surface area (Å²) in [4.78, 5) is 16.1. The van der Waals surface area contributed by atoms with Gasteiger partial charge in [0.1, 0.15) is 5.82 Å². The van der Waals surface area contributed by atoms with Gasteiger partial charge in [0, 0.05) is 13.1 Å². The van der Waals surface area contributed by atoms with Crippen LogP contribution in [-0.4, -0.2) is 18.1 Å². The van der Waals surface area contributed by atoms with Crippen LogP contribution in [0.5, 0.6) is 0 Å². The maximum Gasteiger partial charge on any atom is 0.321 e. The molecule has 112 valence electrons. The van der Waals surface area contributed by atoms with Crippen molar-refractivity contribution in [2.75, 3.05) is 12.4 Å². The lowest BCUT2D eigenvalue weighted by Gasteiger charge is -2.05. The molecule has 8 heteroatoms. The van der Waals surface area contributed by atoms with Crippen LogP contribution >= 0.6 is 27.3 Å². The van der Waals surface area contributed by atoms with Crippen LogP contribution in [0.1, 0.15) is 11.3 Å². The summed E-state index contributed by atoms with van der Waals surface area (Å²) in [6.45, 7) is 0.864. The molecule has 0 fully saturated rings. The molecule has 0 aliphatic heterocycles. The molecule has 0 aliphatic rings. The molecular weight excluding hydrogens is 359 g/mol. The Bertz CT molecular complexity index is 634. The molecule has 0 spiro atoms. The number of urea groups is 1. The number of benzene rings is 1. The molecule has 0 atom stereocenters. The van der Waals surface area contributed by atoms with Crippen LogP contribution in [0.2, 0.25) is 0 Å². The third kappa shape index (κ3) is 4.76. The highest BCUT2D eigenvalue weighted by Crippen LogP contribution is 2.28. The van der Waals surface area contributed by atoms with E-state index in [1.54, 1.807) is 12.1 Å². The molecule has 1 aromatic carbocycles. The second-order valence-corrected chi connectivity index (χ2v) is 6.52. The van der Waals surface area contributed by atoms with Crippen LogP contribution in [0.15, 0.2) is 28.1 Å². The number of hydrogen-bond donors (Lipinski definition) is 3. The molecule has 2 rings (SSSR count). The lowest BCUT2D eigenvalue weighted by Crippen LogP contribution is -2.28. The molecule has 0 unspecified atom stereocenters. The van der Waals surface area contributed by atoms with Crippen LogP contribution in [0.4, 0.5) is 14.3 Å². The summed E-state index contributed by atoms with van der Waals surface area (Å²) in [5.74, 6) is -0.324. The number of hydrogen-bond acceptors (Lipinski definition) is 4. The van der Waals surface area contributed by atoms with E-state index in [1.807, 2.05) is 7.05 Å². The van der Waals surface area contributed by atoms with Gasteiger partial charge in [-0.15, -0.1) is 0 Å². The smallest absolute Gasteiger partial charge is 0.321 e. The van der Waals surface area contributed by atoms with Crippen molar-refractivity contribution >= 4 is 38.4 Å². The molecule has 0 saturated heterocycles. The van der Waals surface area contributed by atoms with Gasteiger partial charge in [0.2, 0.25) is 0 Å². The largest absolute Gasteiger partial charge is 0.334 e. The average molecular weight is 373 g/mol. The molecule has 0 radical (unpaired) electrons. The highest BCUT2D eigenvalue weighted by atomic mass is 79.9. The second-order valence-electron chi connectivity index (χ2n) is 4.21. The van der Waals surface area contributed by atoms with Crippen molar-refractivity contribution in [2.24, 2.45) is 0 Å². The van der Waals surface area contributed by atoms with Gasteiger partial charge in [-0.25, -0.2) is 14.2 Å². The summed E-state index contributed by atoms with van der Waals surface area (Å²) in [6.07, 6.45) is 0. The van der Waals surface area contributed by atoms with Crippen LogP contribution < -0.4 is 16.0 Å². The number of carbonyl (C=O) groups excluding carboxylic acids is 1. The molecule has 1 aromatic heterocycles. The van der Waals surface area contributed by atoms with Gasteiger partial charge in [-0.2, -0.15) is 0 Å². The highest BCUT2D eigenvalue weighted by molar-refractivity contribution is 9.11. The van der Waals surface area contributed by atoms with Crippen LogP contribution in [0.25, 0.3) is 0 Å². The number of halogens is 2. The van der Waals surface area contributed by atoms with E-state index in [-0.39, 0.29) is 18.4 Å². The van der Waals surface area contributed by atoms with Crippen LogP contribution in [-0.2, 0) is 13.1 Å². The monoisotopic (exact) mass is 372 g/mol. The van der Waals surface area contributed by atoms with Crippen molar-refractivity contribution in [3.05, 3.63) is 45.1 Å². The number of anilines is 1. The molecule has 0 aliphatic carbocycles. The Morgan fingerprint density at radius 1 is 1.43 bits per heavy atom. The SMILES string of the molecule is CNCc1nc(NC(=O)NCc2cccc(F)c2)sc1Br. The van der Waals surface area contributed by atoms with Gasteiger partial charge < -0.3 is 10.6 Å². The van der Waals surface area contributed by atoms with Crippen molar-refractivity contribution in [1.82, 2.24) is 15.6 Å². The number of aromatic nitrogens is 1. The minimum Gasteiger partial charge on any atom is -0.334 e. The molecule has 2 aromatic rings. The fraction of sp³-hybridized carbons (Fsp3) is 0.231. The number of carbonyl (C=O) groups is 1. The Morgan fingerprint density at radius 3 is 2.95 bits per heavy atom. The fourth-order valence-corrected chi connectivity index (χ4v) is 3.03. The Labute approximate surface area is 134 Å². The van der Waals surface area contributed by atoms with Crippen LogP contribution in [0.3, 0.4) is 0 Å². The number of nitrogens with zero attached hydrogens (tertiary/aromatic N) is 1. The van der Waals surface area contributed by atoms with E-state index >= 15 is 0 Å². The van der Waals surface area contributed by atoms with Crippen molar-refractivity contribution in [1.29, 1.82) is 0 Å². The Balaban J connectivity index is 1.88. The Morgan fingerprint density at radius 2 is 2.24 bits per heavy atom. The zero-order valence-electron chi connectivity index (χ0n) is 11.2. The summed E-state index contributed by atoms with van der Waals surface area (Å²) < 4.78 is 13.9. The van der Waals surface area contributed by atoms with Crippen molar-refractivity contribution in [3.8, 4) is 0 Å². The third-order valence-electron chi connectivity index (χ3n) is 2.56. The lowest BCUT2D eigenvalue weighted by atomic mass is 10.2. The zero-order valence-corrected chi connectivity index (χ0v) is 13.6. The Hall–Kier alpha value is -1.51. The van der Waals surface area contributed by atoms with Gasteiger partial charge in [-0.3, -0.25) is 5.32 Å². The van der Waals surface area contributed by atoms with E-state index in [0.29, 0.717) is 17.2 Å². The predicted octanol–water partition coefficient (Wildman–Crippen LogP) is 3.09. The molecule has 0 bridgehead atoms. The highest BCUT2D eigenvalue weighted by Gasteiger charge is 2.10. The first kappa shape index (κ1) is 15.9. The number of nitrogens with one attached hydrogen (secondary N) is 3. The standard InChI is InChI=1S/C13H14BrFN4OS/c1-16-7-10-11(14)21-13(18-10)19-12(20)17-6-8-3-2-4-9(15)5-8/h2-5,16H,6-7H2,1H3,(H2,17,18,19,20). The molecule has 21 heavy (non-hydrogen) atoms. The average Bonchev–Trinajstić information content (AvgIpc) is 2.77. The molecular formula is C13H14BrFN4OS. The second kappa shape index (κ2) is 7.48. The van der Waals surface area contributed by atoms with Gasteiger partial charge in [-0.1, -0.05) is 23.5 Å². The molecule has 2 amide bonds. The van der Waals surface area contributed by atoms with Crippen molar-refractivity contribution in [2.45, 2.75) is 13.1 Å². The minimum absolute atomic E-state index is 0.250. The first-order valence-electron chi connectivity index (χ1n) is 6.17. The molecule has 5 nitrogen and oxygen atoms in total. The number of thiazole rings is 1. The van der Waals surface area contributed by atoms with Gasteiger partial charge in [-0.05, 0) is 40.7 Å². The van der Waals surface area contributed by atoms with Gasteiger partial charge in [0.25, 0.3) is 0 Å². The van der Waals surface area contributed by atoms with E-state index in [0.717, 1.165) is 9.48 Å². The summed E-state index contributed by atoms with van der Waals surface area (Å²) in [5, 5.41) is 8.80. The van der Waals surface area contributed by atoms with E-state index in [9.17, 15) is 9.18 Å². The minimum atomic E-state index is -0.378. The normalized spacial score (nSPS) is 10.4. The van der Waals surface area contributed by atoms with E-state index in [2.05, 4.69) is 36.9 Å². The summed E-state index contributed by atoms with van der Waals surface area (Å²) in [6, 6.07) is 5.71. The number of amides is 2. The molecule has 3 N–H and O–H groups in total.